The quantitative estimate of drug-likeness (QED) is 0.752. The molecule has 1 heterocycles. The van der Waals surface area contributed by atoms with Gasteiger partial charge in [0.2, 0.25) is 5.91 Å². The van der Waals surface area contributed by atoms with Crippen LogP contribution in [0, 0.1) is 5.92 Å². The molecule has 0 bridgehead atoms. The standard InChI is InChI=1S/C12H13Br2NO/c1-15-11(6-9(7-13)12(15)16)8-2-4-10(14)5-3-8/h2-5,9,11H,6-7H2,1H3. The summed E-state index contributed by atoms with van der Waals surface area (Å²) in [4.78, 5) is 13.7. The molecule has 2 rings (SSSR count). The molecule has 1 aliphatic rings. The van der Waals surface area contributed by atoms with Gasteiger partial charge < -0.3 is 4.90 Å². The van der Waals surface area contributed by atoms with Crippen molar-refractivity contribution in [3.63, 3.8) is 0 Å². The average Bonchev–Trinajstić information content (AvgIpc) is 2.57. The third-order valence-corrected chi connectivity index (χ3v) is 4.42. The van der Waals surface area contributed by atoms with Gasteiger partial charge in [-0.05, 0) is 24.1 Å². The number of halogens is 2. The molecule has 1 aliphatic heterocycles. The average molecular weight is 347 g/mol. The molecule has 0 aliphatic carbocycles. The summed E-state index contributed by atoms with van der Waals surface area (Å²) in [6, 6.07) is 8.43. The Hall–Kier alpha value is -0.350. The van der Waals surface area contributed by atoms with E-state index in [1.807, 2.05) is 24.1 Å². The maximum Gasteiger partial charge on any atom is 0.226 e. The molecule has 4 heteroatoms. The van der Waals surface area contributed by atoms with Gasteiger partial charge in [-0.3, -0.25) is 4.79 Å². The van der Waals surface area contributed by atoms with E-state index in [2.05, 4.69) is 44.0 Å². The molecular formula is C12H13Br2NO. The second kappa shape index (κ2) is 4.88. The molecule has 0 N–H and O–H groups in total. The van der Waals surface area contributed by atoms with Crippen LogP contribution in [0.2, 0.25) is 0 Å². The molecule has 0 saturated carbocycles. The van der Waals surface area contributed by atoms with Crippen molar-refractivity contribution in [2.24, 2.45) is 5.92 Å². The van der Waals surface area contributed by atoms with Crippen molar-refractivity contribution in [2.75, 3.05) is 12.4 Å². The van der Waals surface area contributed by atoms with Crippen LogP contribution in [0.25, 0.3) is 0 Å². The predicted molar refractivity (Wildman–Crippen MR) is 71.6 cm³/mol. The third-order valence-electron chi connectivity index (χ3n) is 3.11. The summed E-state index contributed by atoms with van der Waals surface area (Å²) in [7, 11) is 1.89. The SMILES string of the molecule is CN1C(=O)C(CBr)CC1c1ccc(Br)cc1. The topological polar surface area (TPSA) is 20.3 Å². The lowest BCUT2D eigenvalue weighted by molar-refractivity contribution is -0.130. The van der Waals surface area contributed by atoms with Crippen LogP contribution in [0.15, 0.2) is 28.7 Å². The van der Waals surface area contributed by atoms with Crippen molar-refractivity contribution >= 4 is 37.8 Å². The van der Waals surface area contributed by atoms with Crippen LogP contribution >= 0.6 is 31.9 Å². The number of benzene rings is 1. The van der Waals surface area contributed by atoms with Crippen molar-refractivity contribution in [1.82, 2.24) is 4.90 Å². The molecule has 1 fully saturated rings. The fraction of sp³-hybridized carbons (Fsp3) is 0.417. The maximum absolute atomic E-state index is 11.9. The Morgan fingerprint density at radius 1 is 1.38 bits per heavy atom. The van der Waals surface area contributed by atoms with Crippen LogP contribution in [0.1, 0.15) is 18.0 Å². The third kappa shape index (κ3) is 2.18. The van der Waals surface area contributed by atoms with Gasteiger partial charge in [-0.2, -0.15) is 0 Å². The van der Waals surface area contributed by atoms with E-state index in [9.17, 15) is 4.79 Å². The monoisotopic (exact) mass is 345 g/mol. The van der Waals surface area contributed by atoms with Gasteiger partial charge in [0.05, 0.1) is 12.0 Å². The normalized spacial score (nSPS) is 25.2. The lowest BCUT2D eigenvalue weighted by Crippen LogP contribution is -2.25. The van der Waals surface area contributed by atoms with Crippen molar-refractivity contribution in [3.05, 3.63) is 34.3 Å². The molecule has 86 valence electrons. The van der Waals surface area contributed by atoms with Crippen LogP contribution in [0.5, 0.6) is 0 Å². The van der Waals surface area contributed by atoms with Crippen molar-refractivity contribution in [3.8, 4) is 0 Å². The highest BCUT2D eigenvalue weighted by molar-refractivity contribution is 9.10. The van der Waals surface area contributed by atoms with Crippen LogP contribution in [-0.4, -0.2) is 23.2 Å². The number of carbonyl (C=O) groups excluding carboxylic acids is 1. The summed E-state index contributed by atoms with van der Waals surface area (Å²) in [6.45, 7) is 0. The van der Waals surface area contributed by atoms with Crippen LogP contribution in [0.4, 0.5) is 0 Å². The minimum Gasteiger partial charge on any atom is -0.338 e. The van der Waals surface area contributed by atoms with E-state index >= 15 is 0 Å². The van der Waals surface area contributed by atoms with Gasteiger partial charge >= 0.3 is 0 Å². The zero-order valence-electron chi connectivity index (χ0n) is 8.99. The number of amides is 1. The van der Waals surface area contributed by atoms with Gasteiger partial charge in [-0.25, -0.2) is 0 Å². The number of hydrogen-bond acceptors (Lipinski definition) is 1. The first kappa shape index (κ1) is 12.1. The maximum atomic E-state index is 11.9. The second-order valence-corrected chi connectivity index (χ2v) is 5.67. The number of nitrogens with zero attached hydrogens (tertiary/aromatic N) is 1. The van der Waals surface area contributed by atoms with E-state index < -0.39 is 0 Å². The Balaban J connectivity index is 2.23. The largest absolute Gasteiger partial charge is 0.338 e. The summed E-state index contributed by atoms with van der Waals surface area (Å²) < 4.78 is 1.07. The fourth-order valence-corrected chi connectivity index (χ4v) is 2.95. The second-order valence-electron chi connectivity index (χ2n) is 4.10. The van der Waals surface area contributed by atoms with Crippen molar-refractivity contribution < 1.29 is 4.79 Å². The lowest BCUT2D eigenvalue weighted by atomic mass is 10.0. The van der Waals surface area contributed by atoms with Gasteiger partial charge in [0, 0.05) is 16.9 Å². The summed E-state index contributed by atoms with van der Waals surface area (Å²) >= 11 is 6.82. The van der Waals surface area contributed by atoms with Gasteiger partial charge in [0.25, 0.3) is 0 Å². The molecule has 16 heavy (non-hydrogen) atoms. The minimum absolute atomic E-state index is 0.124. The number of carbonyl (C=O) groups is 1. The molecule has 1 aromatic carbocycles. The summed E-state index contributed by atoms with van der Waals surface area (Å²) in [5.41, 5.74) is 1.21. The van der Waals surface area contributed by atoms with E-state index in [0.717, 1.165) is 16.2 Å². The van der Waals surface area contributed by atoms with E-state index in [4.69, 9.17) is 0 Å². The first-order valence-electron chi connectivity index (χ1n) is 5.21. The molecule has 0 radical (unpaired) electrons. The molecule has 0 aromatic heterocycles. The Morgan fingerprint density at radius 3 is 2.50 bits per heavy atom. The van der Waals surface area contributed by atoms with Crippen molar-refractivity contribution in [2.45, 2.75) is 12.5 Å². The van der Waals surface area contributed by atoms with E-state index in [-0.39, 0.29) is 17.9 Å². The minimum atomic E-state index is 0.124. The Labute approximate surface area is 112 Å². The molecule has 2 nitrogen and oxygen atoms in total. The van der Waals surface area contributed by atoms with E-state index in [0.29, 0.717) is 0 Å². The first-order chi connectivity index (χ1) is 7.63. The van der Waals surface area contributed by atoms with Gasteiger partial charge in [-0.1, -0.05) is 44.0 Å². The first-order valence-corrected chi connectivity index (χ1v) is 7.13. The van der Waals surface area contributed by atoms with Gasteiger partial charge in [-0.15, -0.1) is 0 Å². The molecule has 1 amide bonds. The highest BCUT2D eigenvalue weighted by Crippen LogP contribution is 2.36. The zero-order valence-corrected chi connectivity index (χ0v) is 12.2. The summed E-state index contributed by atoms with van der Waals surface area (Å²) in [6.07, 6.45) is 0.905. The predicted octanol–water partition coefficient (Wildman–Crippen LogP) is 3.36. The molecule has 1 saturated heterocycles. The van der Waals surface area contributed by atoms with Crippen LogP contribution in [-0.2, 0) is 4.79 Å². The molecule has 2 unspecified atom stereocenters. The highest BCUT2D eigenvalue weighted by Gasteiger charge is 2.36. The number of alkyl halides is 1. The Bertz CT molecular complexity index is 391. The molecule has 0 spiro atoms. The lowest BCUT2D eigenvalue weighted by Gasteiger charge is -2.20. The summed E-state index contributed by atoms with van der Waals surface area (Å²) in [5.74, 6) is 0.364. The van der Waals surface area contributed by atoms with E-state index in [1.54, 1.807) is 0 Å². The molecule has 2 atom stereocenters. The molecule has 1 aromatic rings. The number of likely N-dealkylation sites (tertiary alicyclic amines) is 1. The zero-order chi connectivity index (χ0) is 11.7. The fourth-order valence-electron chi connectivity index (χ4n) is 2.14. The molecular weight excluding hydrogens is 334 g/mol. The van der Waals surface area contributed by atoms with E-state index in [1.165, 1.54) is 5.56 Å². The number of hydrogen-bond donors (Lipinski definition) is 0. The Kier molecular flexibility index (Phi) is 3.70. The highest BCUT2D eigenvalue weighted by atomic mass is 79.9. The summed E-state index contributed by atoms with van der Waals surface area (Å²) in [5, 5.41) is 0.753. The Morgan fingerprint density at radius 2 is 2.00 bits per heavy atom. The van der Waals surface area contributed by atoms with Crippen LogP contribution in [0.3, 0.4) is 0 Å². The van der Waals surface area contributed by atoms with Gasteiger partial charge in [0.15, 0.2) is 0 Å². The van der Waals surface area contributed by atoms with Crippen LogP contribution < -0.4 is 0 Å². The van der Waals surface area contributed by atoms with Gasteiger partial charge in [0.1, 0.15) is 0 Å². The smallest absolute Gasteiger partial charge is 0.226 e. The van der Waals surface area contributed by atoms with Crippen molar-refractivity contribution in [1.29, 1.82) is 0 Å². The number of rotatable bonds is 2.